The summed E-state index contributed by atoms with van der Waals surface area (Å²) in [6.07, 6.45) is 3.81. The number of hydrogen-bond donors (Lipinski definition) is 1. The Labute approximate surface area is 193 Å². The fraction of sp³-hybridized carbons (Fsp3) is 0.400. The Morgan fingerprint density at radius 2 is 2.06 bits per heavy atom. The van der Waals surface area contributed by atoms with Crippen molar-refractivity contribution in [1.29, 1.82) is 5.26 Å². The molecule has 1 heterocycles. The predicted molar refractivity (Wildman–Crippen MR) is 126 cm³/mol. The summed E-state index contributed by atoms with van der Waals surface area (Å²) in [7, 11) is 0. The fourth-order valence-electron chi connectivity index (χ4n) is 3.31. The van der Waals surface area contributed by atoms with Crippen LogP contribution < -0.4 is 10.3 Å². The molecule has 0 amide bonds. The van der Waals surface area contributed by atoms with Gasteiger partial charge >= 0.3 is 5.97 Å². The largest absolute Gasteiger partial charge is 0.493 e. The van der Waals surface area contributed by atoms with Gasteiger partial charge in [-0.1, -0.05) is 45.8 Å². The van der Waals surface area contributed by atoms with Gasteiger partial charge < -0.3 is 9.84 Å². The first-order chi connectivity index (χ1) is 15.7. The van der Waals surface area contributed by atoms with Gasteiger partial charge in [0.25, 0.3) is 5.56 Å². The fourth-order valence-corrected chi connectivity index (χ4v) is 3.31. The number of hydrogen-bond acceptors (Lipinski definition) is 7. The molecule has 174 valence electrons. The Hall–Kier alpha value is -3.73. The number of unbranched alkanes of at least 4 members (excludes halogenated alkanes) is 1. The molecule has 0 spiro atoms. The third-order valence-electron chi connectivity index (χ3n) is 5.40. The van der Waals surface area contributed by atoms with E-state index in [2.05, 4.69) is 23.7 Å². The van der Waals surface area contributed by atoms with Crippen LogP contribution in [0.4, 0.5) is 11.4 Å². The molecule has 0 saturated carbocycles. The van der Waals surface area contributed by atoms with Gasteiger partial charge in [-0.25, -0.2) is 4.79 Å². The maximum Gasteiger partial charge on any atom is 0.338 e. The number of pyridine rings is 1. The average Bonchev–Trinajstić information content (AvgIpc) is 2.79. The van der Waals surface area contributed by atoms with E-state index in [0.29, 0.717) is 12.2 Å². The molecule has 8 heteroatoms. The molecule has 1 atom stereocenters. The highest BCUT2D eigenvalue weighted by Gasteiger charge is 2.21. The molecule has 1 aromatic carbocycles. The van der Waals surface area contributed by atoms with Crippen molar-refractivity contribution in [1.82, 2.24) is 4.57 Å². The van der Waals surface area contributed by atoms with Gasteiger partial charge in [0.2, 0.25) is 5.88 Å². The molecule has 2 aromatic rings. The molecule has 1 N–H and O–H groups in total. The van der Waals surface area contributed by atoms with Crippen LogP contribution in [0.3, 0.4) is 0 Å². The number of carbonyl (C=O) groups excluding carboxylic acids is 1. The van der Waals surface area contributed by atoms with Crippen LogP contribution in [-0.4, -0.2) is 15.6 Å². The normalized spacial score (nSPS) is 11.8. The number of nitrogens with zero attached hydrogens (tertiary/aromatic N) is 4. The van der Waals surface area contributed by atoms with E-state index in [1.165, 1.54) is 10.6 Å². The summed E-state index contributed by atoms with van der Waals surface area (Å²) in [5, 5.41) is 28.4. The minimum Gasteiger partial charge on any atom is -0.493 e. The number of azo groups is 1. The molecule has 1 unspecified atom stereocenters. The number of benzene rings is 1. The summed E-state index contributed by atoms with van der Waals surface area (Å²) in [6.45, 7) is 11.1. The van der Waals surface area contributed by atoms with Crippen molar-refractivity contribution in [2.75, 3.05) is 0 Å². The van der Waals surface area contributed by atoms with Crippen molar-refractivity contribution in [2.24, 2.45) is 16.1 Å². The summed E-state index contributed by atoms with van der Waals surface area (Å²) >= 11 is 0. The zero-order valence-corrected chi connectivity index (χ0v) is 19.6. The van der Waals surface area contributed by atoms with Gasteiger partial charge in [-0.05, 0) is 38.3 Å². The van der Waals surface area contributed by atoms with Crippen molar-refractivity contribution >= 4 is 17.3 Å². The summed E-state index contributed by atoms with van der Waals surface area (Å²) in [5.74, 6) is -0.456. The molecular weight excluding hydrogens is 420 g/mol. The van der Waals surface area contributed by atoms with Crippen LogP contribution in [0.15, 0.2) is 51.4 Å². The number of esters is 1. The van der Waals surface area contributed by atoms with E-state index in [1.54, 1.807) is 32.0 Å². The lowest BCUT2D eigenvalue weighted by atomic mass is 9.99. The first kappa shape index (κ1) is 25.5. The maximum absolute atomic E-state index is 13.2. The van der Waals surface area contributed by atoms with Gasteiger partial charge in [0.05, 0.1) is 5.69 Å². The van der Waals surface area contributed by atoms with Crippen molar-refractivity contribution in [3.8, 4) is 17.7 Å². The number of ether oxygens (including phenoxy) is 1. The Balaban J connectivity index is 2.45. The zero-order chi connectivity index (χ0) is 24.5. The second-order valence-corrected chi connectivity index (χ2v) is 7.98. The Morgan fingerprint density at radius 3 is 2.67 bits per heavy atom. The standard InChI is InChI=1S/C25H30N4O4/c1-6-8-10-18(7-2)15-29-23(30)21(14-26)17(5)22(24(29)31)28-27-19-11-9-12-20(13-19)33-25(32)16(3)4/h9,11-13,18,30H,3,6-8,10,15H2,1-2,4-5H3. The van der Waals surface area contributed by atoms with Crippen LogP contribution in [0.25, 0.3) is 0 Å². The lowest BCUT2D eigenvalue weighted by molar-refractivity contribution is -0.130. The summed E-state index contributed by atoms with van der Waals surface area (Å²) in [5.41, 5.74) is 0.347. The molecule has 33 heavy (non-hydrogen) atoms. The van der Waals surface area contributed by atoms with E-state index in [9.17, 15) is 20.0 Å². The molecule has 0 bridgehead atoms. The molecule has 1 aromatic heterocycles. The number of nitriles is 1. The van der Waals surface area contributed by atoms with Crippen LogP contribution in [0.2, 0.25) is 0 Å². The van der Waals surface area contributed by atoms with E-state index in [4.69, 9.17) is 4.74 Å². The van der Waals surface area contributed by atoms with Crippen molar-refractivity contribution in [2.45, 2.75) is 59.9 Å². The highest BCUT2D eigenvalue weighted by atomic mass is 16.5. The van der Waals surface area contributed by atoms with Crippen LogP contribution in [0, 0.1) is 24.2 Å². The smallest absolute Gasteiger partial charge is 0.338 e. The van der Waals surface area contributed by atoms with E-state index >= 15 is 0 Å². The molecule has 0 fully saturated rings. The first-order valence-corrected chi connectivity index (χ1v) is 11.0. The summed E-state index contributed by atoms with van der Waals surface area (Å²) < 4.78 is 6.41. The summed E-state index contributed by atoms with van der Waals surface area (Å²) in [6, 6.07) is 8.34. The van der Waals surface area contributed by atoms with Crippen LogP contribution in [0.5, 0.6) is 11.6 Å². The minimum atomic E-state index is -0.562. The monoisotopic (exact) mass is 450 g/mol. The average molecular weight is 451 g/mol. The lowest BCUT2D eigenvalue weighted by Crippen LogP contribution is -2.25. The van der Waals surface area contributed by atoms with E-state index in [-0.39, 0.29) is 39.9 Å². The maximum atomic E-state index is 13.2. The number of aromatic hydroxyl groups is 1. The molecule has 0 aliphatic carbocycles. The predicted octanol–water partition coefficient (Wildman–Crippen LogP) is 5.85. The van der Waals surface area contributed by atoms with Gasteiger partial charge in [0.15, 0.2) is 5.69 Å². The Kier molecular flexibility index (Phi) is 9.10. The number of carbonyl (C=O) groups is 1. The van der Waals surface area contributed by atoms with E-state index < -0.39 is 11.5 Å². The van der Waals surface area contributed by atoms with Crippen molar-refractivity contribution in [3.05, 3.63) is 57.9 Å². The number of aromatic nitrogens is 1. The minimum absolute atomic E-state index is 0.00182. The quantitative estimate of drug-likeness (QED) is 0.211. The third-order valence-corrected chi connectivity index (χ3v) is 5.40. The van der Waals surface area contributed by atoms with Gasteiger partial charge in [0, 0.05) is 23.7 Å². The van der Waals surface area contributed by atoms with Gasteiger partial charge in [-0.2, -0.15) is 10.4 Å². The second kappa shape index (κ2) is 11.8. The molecule has 0 aliphatic rings. The Bertz CT molecular complexity index is 1160. The second-order valence-electron chi connectivity index (χ2n) is 7.98. The summed E-state index contributed by atoms with van der Waals surface area (Å²) in [4.78, 5) is 24.9. The third kappa shape index (κ3) is 6.39. The SMILES string of the molecule is C=C(C)C(=O)Oc1cccc(N=Nc2c(C)c(C#N)c(O)n(CC(CC)CCCC)c2=O)c1. The molecule has 8 nitrogen and oxygen atoms in total. The van der Waals surface area contributed by atoms with Gasteiger partial charge in [-0.15, -0.1) is 5.11 Å². The van der Waals surface area contributed by atoms with Gasteiger partial charge in [0.1, 0.15) is 17.4 Å². The molecular formula is C25H30N4O4. The molecule has 2 rings (SSSR count). The van der Waals surface area contributed by atoms with E-state index in [1.807, 2.05) is 13.0 Å². The molecule has 0 saturated heterocycles. The van der Waals surface area contributed by atoms with Gasteiger partial charge in [-0.3, -0.25) is 9.36 Å². The van der Waals surface area contributed by atoms with E-state index in [0.717, 1.165) is 25.7 Å². The first-order valence-electron chi connectivity index (χ1n) is 11.0. The molecule has 0 radical (unpaired) electrons. The highest BCUT2D eigenvalue weighted by Crippen LogP contribution is 2.29. The van der Waals surface area contributed by atoms with Crippen LogP contribution in [0.1, 0.15) is 57.6 Å². The number of rotatable bonds is 10. The van der Waals surface area contributed by atoms with Crippen molar-refractivity contribution < 1.29 is 14.6 Å². The lowest BCUT2D eigenvalue weighted by Gasteiger charge is -2.19. The Morgan fingerprint density at radius 1 is 1.33 bits per heavy atom. The molecule has 0 aliphatic heterocycles. The van der Waals surface area contributed by atoms with Crippen LogP contribution in [-0.2, 0) is 11.3 Å². The highest BCUT2D eigenvalue weighted by molar-refractivity contribution is 5.88. The zero-order valence-electron chi connectivity index (χ0n) is 19.6. The van der Waals surface area contributed by atoms with Crippen molar-refractivity contribution in [3.63, 3.8) is 0 Å². The topological polar surface area (TPSA) is 117 Å². The van der Waals surface area contributed by atoms with Crippen LogP contribution >= 0.6 is 0 Å².